The molecule has 1 N–H and O–H groups in total. The Morgan fingerprint density at radius 3 is 2.45 bits per heavy atom. The molecule has 1 aliphatic carbocycles. The maximum Gasteiger partial charge on any atom is 0.208 e. The van der Waals surface area contributed by atoms with E-state index in [4.69, 9.17) is 0 Å². The molecule has 0 spiro atoms. The van der Waals surface area contributed by atoms with Gasteiger partial charge in [-0.05, 0) is 19.3 Å². The first kappa shape index (κ1) is 9.48. The molecule has 1 saturated carbocycles. The fourth-order valence-electron chi connectivity index (χ4n) is 0.846. The highest BCUT2D eigenvalue weighted by Crippen LogP contribution is 2.46. The Labute approximate surface area is 75.7 Å². The summed E-state index contributed by atoms with van der Waals surface area (Å²) in [6.45, 7) is 0.546. The highest BCUT2D eigenvalue weighted by atomic mass is 79.9. The van der Waals surface area contributed by atoms with Gasteiger partial charge in [-0.2, -0.15) is 0 Å². The van der Waals surface area contributed by atoms with Crippen LogP contribution >= 0.6 is 15.9 Å². The van der Waals surface area contributed by atoms with Gasteiger partial charge in [0.15, 0.2) is 0 Å². The first-order valence-corrected chi connectivity index (χ1v) is 6.23. The van der Waals surface area contributed by atoms with Gasteiger partial charge in [-0.15, -0.1) is 0 Å². The van der Waals surface area contributed by atoms with E-state index >= 15 is 0 Å². The number of hydrogen-bond acceptors (Lipinski definition) is 2. The summed E-state index contributed by atoms with van der Waals surface area (Å²) in [5.41, 5.74) is 0. The summed E-state index contributed by atoms with van der Waals surface area (Å²) >= 11 is 3.52. The van der Waals surface area contributed by atoms with Crippen LogP contribution < -0.4 is 4.72 Å². The smallest absolute Gasteiger partial charge is 0.208 e. The van der Waals surface area contributed by atoms with Crippen LogP contribution in [-0.2, 0) is 10.0 Å². The van der Waals surface area contributed by atoms with E-state index in [0.29, 0.717) is 6.54 Å². The topological polar surface area (TPSA) is 46.2 Å². The van der Waals surface area contributed by atoms with Gasteiger partial charge < -0.3 is 0 Å². The molecule has 0 heterocycles. The summed E-state index contributed by atoms with van der Waals surface area (Å²) in [5.74, 6) is 0. The third kappa shape index (κ3) is 4.08. The molecule has 0 unspecified atom stereocenters. The van der Waals surface area contributed by atoms with Crippen molar-refractivity contribution in [1.29, 1.82) is 0 Å². The molecule has 0 aromatic rings. The Balaban J connectivity index is 2.15. The molecular formula is C6H12BrNO2S. The maximum atomic E-state index is 10.6. The molecule has 0 aliphatic heterocycles. The van der Waals surface area contributed by atoms with Gasteiger partial charge in [0, 0.05) is 10.9 Å². The number of nitrogens with one attached hydrogen (secondary N) is 1. The van der Waals surface area contributed by atoms with Gasteiger partial charge in [0.25, 0.3) is 0 Å². The van der Waals surface area contributed by atoms with E-state index in [1.807, 2.05) is 0 Å². The molecule has 5 heteroatoms. The second-order valence-electron chi connectivity index (χ2n) is 3.07. The van der Waals surface area contributed by atoms with Crippen LogP contribution in [0.3, 0.4) is 0 Å². The van der Waals surface area contributed by atoms with Gasteiger partial charge in [-0.3, -0.25) is 0 Å². The van der Waals surface area contributed by atoms with E-state index in [1.165, 1.54) is 19.1 Å². The Morgan fingerprint density at radius 1 is 1.55 bits per heavy atom. The van der Waals surface area contributed by atoms with Gasteiger partial charge in [-0.25, -0.2) is 13.1 Å². The molecule has 0 saturated heterocycles. The molecule has 66 valence electrons. The van der Waals surface area contributed by atoms with E-state index in [2.05, 4.69) is 20.7 Å². The van der Waals surface area contributed by atoms with Crippen molar-refractivity contribution in [2.24, 2.45) is 0 Å². The van der Waals surface area contributed by atoms with E-state index in [1.54, 1.807) is 0 Å². The molecule has 1 fully saturated rings. The summed E-state index contributed by atoms with van der Waals surface area (Å²) in [7, 11) is -2.99. The first-order chi connectivity index (χ1) is 4.91. The molecule has 0 aromatic heterocycles. The number of rotatable bonds is 4. The van der Waals surface area contributed by atoms with Crippen molar-refractivity contribution in [3.8, 4) is 0 Å². The lowest BCUT2D eigenvalue weighted by molar-refractivity contribution is 0.584. The minimum Gasteiger partial charge on any atom is -0.215 e. The third-order valence-corrected chi connectivity index (χ3v) is 3.65. The lowest BCUT2D eigenvalue weighted by Gasteiger charge is -2.05. The van der Waals surface area contributed by atoms with Gasteiger partial charge in [0.05, 0.1) is 6.26 Å². The normalized spacial score (nSPS) is 21.6. The molecule has 0 atom stereocenters. The minimum atomic E-state index is -2.99. The zero-order valence-electron chi connectivity index (χ0n) is 6.43. The monoisotopic (exact) mass is 241 g/mol. The number of hydrogen-bond donors (Lipinski definition) is 1. The van der Waals surface area contributed by atoms with Crippen LogP contribution in [0, 0.1) is 0 Å². The van der Waals surface area contributed by atoms with Crippen molar-refractivity contribution >= 4 is 26.0 Å². The molecule has 3 nitrogen and oxygen atoms in total. The Bertz CT molecular complexity index is 233. The fraction of sp³-hybridized carbons (Fsp3) is 1.00. The summed E-state index contributed by atoms with van der Waals surface area (Å²) in [5, 5.41) is 0. The first-order valence-electron chi connectivity index (χ1n) is 3.55. The Morgan fingerprint density at radius 2 is 2.09 bits per heavy atom. The van der Waals surface area contributed by atoms with Crippen molar-refractivity contribution in [3.63, 3.8) is 0 Å². The minimum absolute atomic E-state index is 0.255. The lowest BCUT2D eigenvalue weighted by Crippen LogP contribution is -2.25. The van der Waals surface area contributed by atoms with Crippen LogP contribution in [0.5, 0.6) is 0 Å². The van der Waals surface area contributed by atoms with Crippen LogP contribution in [0.15, 0.2) is 0 Å². The highest BCUT2D eigenvalue weighted by Gasteiger charge is 2.38. The van der Waals surface area contributed by atoms with E-state index in [0.717, 1.165) is 6.42 Å². The zero-order chi connectivity index (χ0) is 8.54. The summed E-state index contributed by atoms with van der Waals surface area (Å²) in [4.78, 5) is 0. The van der Waals surface area contributed by atoms with Crippen LogP contribution in [0.1, 0.15) is 19.3 Å². The summed E-state index contributed by atoms with van der Waals surface area (Å²) in [6, 6.07) is 0. The second kappa shape index (κ2) is 3.03. The molecule has 0 bridgehead atoms. The summed E-state index contributed by atoms with van der Waals surface area (Å²) < 4.78 is 23.9. The highest BCUT2D eigenvalue weighted by molar-refractivity contribution is 9.10. The van der Waals surface area contributed by atoms with E-state index in [9.17, 15) is 8.42 Å². The zero-order valence-corrected chi connectivity index (χ0v) is 8.83. The molecule has 0 aromatic carbocycles. The average Bonchev–Trinajstić information content (AvgIpc) is 2.44. The molecule has 1 aliphatic rings. The quantitative estimate of drug-likeness (QED) is 0.743. The van der Waals surface area contributed by atoms with Crippen LogP contribution in [0.4, 0.5) is 0 Å². The van der Waals surface area contributed by atoms with E-state index in [-0.39, 0.29) is 4.32 Å². The predicted molar refractivity (Wildman–Crippen MR) is 48.4 cm³/mol. The van der Waals surface area contributed by atoms with Crippen LogP contribution in [0.25, 0.3) is 0 Å². The standard InChI is InChI=1S/C6H12BrNO2S/c1-11(9,10)8-5-4-6(7)2-3-6/h8H,2-5H2,1H3. The third-order valence-electron chi connectivity index (χ3n) is 1.73. The largest absolute Gasteiger partial charge is 0.215 e. The number of alkyl halides is 1. The van der Waals surface area contributed by atoms with Gasteiger partial charge in [0.1, 0.15) is 0 Å². The van der Waals surface area contributed by atoms with Crippen molar-refractivity contribution < 1.29 is 8.42 Å². The maximum absolute atomic E-state index is 10.6. The van der Waals surface area contributed by atoms with Gasteiger partial charge >= 0.3 is 0 Å². The van der Waals surface area contributed by atoms with Gasteiger partial charge in [-0.1, -0.05) is 15.9 Å². The van der Waals surface area contributed by atoms with Gasteiger partial charge in [0.2, 0.25) is 10.0 Å². The Kier molecular flexibility index (Phi) is 2.61. The predicted octanol–water partition coefficient (Wildman–Crippen LogP) is 0.853. The van der Waals surface area contributed by atoms with Crippen molar-refractivity contribution in [3.05, 3.63) is 0 Å². The molecular weight excluding hydrogens is 230 g/mol. The van der Waals surface area contributed by atoms with Crippen LogP contribution in [0.2, 0.25) is 0 Å². The van der Waals surface area contributed by atoms with Crippen molar-refractivity contribution in [2.45, 2.75) is 23.6 Å². The summed E-state index contributed by atoms with van der Waals surface area (Å²) in [6.07, 6.45) is 4.40. The second-order valence-corrected chi connectivity index (χ2v) is 6.58. The van der Waals surface area contributed by atoms with E-state index < -0.39 is 10.0 Å². The molecule has 0 amide bonds. The van der Waals surface area contributed by atoms with Crippen molar-refractivity contribution in [1.82, 2.24) is 4.72 Å². The lowest BCUT2D eigenvalue weighted by atomic mass is 10.3. The number of halogens is 1. The average molecular weight is 242 g/mol. The Hall–Kier alpha value is 0.390. The van der Waals surface area contributed by atoms with Crippen LogP contribution in [-0.4, -0.2) is 25.5 Å². The molecule has 11 heavy (non-hydrogen) atoms. The number of sulfonamides is 1. The molecule has 1 rings (SSSR count). The SMILES string of the molecule is CS(=O)(=O)NCCC1(Br)CC1. The van der Waals surface area contributed by atoms with Crippen molar-refractivity contribution in [2.75, 3.05) is 12.8 Å². The fourth-order valence-corrected chi connectivity index (χ4v) is 1.72. The molecule has 0 radical (unpaired) electrons.